The van der Waals surface area contributed by atoms with Crippen LogP contribution in [-0.4, -0.2) is 85.8 Å². The SMILES string of the molecule is CN1CCN(C2=Nc3cc(C4NC(=O)NC4=O)oc3CC=C2)CC1.COc1ccc2c(c1F)C(=O)N(C)C2. The minimum absolute atomic E-state index is 0.118. The summed E-state index contributed by atoms with van der Waals surface area (Å²) in [7, 11) is 5.14. The zero-order chi connectivity index (χ0) is 27.0. The van der Waals surface area contributed by atoms with Gasteiger partial charge in [0.05, 0.1) is 12.7 Å². The fourth-order valence-corrected chi connectivity index (χ4v) is 4.72. The van der Waals surface area contributed by atoms with Gasteiger partial charge in [-0.15, -0.1) is 0 Å². The minimum Gasteiger partial charge on any atom is -0.494 e. The van der Waals surface area contributed by atoms with Gasteiger partial charge in [-0.2, -0.15) is 0 Å². The molecule has 2 saturated heterocycles. The highest BCUT2D eigenvalue weighted by molar-refractivity contribution is 6.04. The summed E-state index contributed by atoms with van der Waals surface area (Å²) in [6, 6.07) is 3.72. The third kappa shape index (κ3) is 4.86. The molecule has 4 aliphatic rings. The first-order chi connectivity index (χ1) is 18.2. The number of halogens is 1. The van der Waals surface area contributed by atoms with Crippen LogP contribution in [0, 0.1) is 5.82 Å². The van der Waals surface area contributed by atoms with Crippen LogP contribution in [-0.2, 0) is 17.8 Å². The molecule has 200 valence electrons. The Labute approximate surface area is 218 Å². The first kappa shape index (κ1) is 25.5. The first-order valence-electron chi connectivity index (χ1n) is 12.3. The molecule has 0 saturated carbocycles. The quantitative estimate of drug-likeness (QED) is 0.577. The lowest BCUT2D eigenvalue weighted by Gasteiger charge is -2.33. The molecular formula is C26H29FN6O5. The predicted molar refractivity (Wildman–Crippen MR) is 136 cm³/mol. The molecule has 1 atom stereocenters. The van der Waals surface area contributed by atoms with E-state index in [0.717, 1.165) is 43.3 Å². The van der Waals surface area contributed by atoms with Crippen molar-refractivity contribution in [3.8, 4) is 5.75 Å². The number of hydrogen-bond acceptors (Lipinski definition) is 8. The first-order valence-corrected chi connectivity index (χ1v) is 12.3. The fourth-order valence-electron chi connectivity index (χ4n) is 4.72. The van der Waals surface area contributed by atoms with Crippen molar-refractivity contribution in [1.82, 2.24) is 25.3 Å². The topological polar surface area (TPSA) is 120 Å². The number of nitrogens with one attached hydrogen (secondary N) is 2. The van der Waals surface area contributed by atoms with Crippen molar-refractivity contribution in [3.05, 3.63) is 58.8 Å². The van der Waals surface area contributed by atoms with Crippen molar-refractivity contribution >= 4 is 29.4 Å². The Morgan fingerprint density at radius 1 is 1.13 bits per heavy atom. The molecule has 38 heavy (non-hydrogen) atoms. The molecule has 6 rings (SSSR count). The molecule has 12 heteroatoms. The Hall–Kier alpha value is -4.19. The largest absolute Gasteiger partial charge is 0.494 e. The number of carbonyl (C=O) groups is 3. The second-order valence-electron chi connectivity index (χ2n) is 9.50. The number of rotatable bonds is 2. The van der Waals surface area contributed by atoms with Gasteiger partial charge in [0.15, 0.2) is 17.6 Å². The molecule has 4 aliphatic heterocycles. The molecule has 1 aromatic carbocycles. The van der Waals surface area contributed by atoms with Gasteiger partial charge in [0, 0.05) is 52.3 Å². The summed E-state index contributed by atoms with van der Waals surface area (Å²) in [5.41, 5.74) is 1.58. The maximum Gasteiger partial charge on any atom is 0.322 e. The standard InChI is InChI=1S/C16H19N5O3.C10H10FNO2/c1-20-5-7-21(8-6-20)13-4-2-3-11-10(17-13)9-12(24-11)14-15(22)19-16(23)18-14;1-12-5-6-3-4-7(14-2)9(11)8(6)10(12)13/h2,4,9,14H,3,5-8H2,1H3,(H2,18,19,22,23);3-4H,5H2,1-2H3. The average Bonchev–Trinajstić information content (AvgIpc) is 3.49. The number of allylic oxidation sites excluding steroid dienone is 1. The number of fused-ring (bicyclic) bond motifs is 2. The Morgan fingerprint density at radius 2 is 1.89 bits per heavy atom. The van der Waals surface area contributed by atoms with Crippen LogP contribution in [0.15, 0.2) is 39.8 Å². The number of carbonyl (C=O) groups excluding carboxylic acids is 3. The number of piperazine rings is 1. The molecule has 0 spiro atoms. The average molecular weight is 525 g/mol. The van der Waals surface area contributed by atoms with E-state index < -0.39 is 23.8 Å². The van der Waals surface area contributed by atoms with Gasteiger partial charge in [-0.3, -0.25) is 14.9 Å². The Bertz CT molecular complexity index is 1340. The zero-order valence-corrected chi connectivity index (χ0v) is 21.4. The summed E-state index contributed by atoms with van der Waals surface area (Å²) >= 11 is 0. The van der Waals surface area contributed by atoms with Gasteiger partial charge in [0.2, 0.25) is 0 Å². The molecule has 0 bridgehead atoms. The second-order valence-corrected chi connectivity index (χ2v) is 9.50. The number of aliphatic imine (C=N–C) groups is 1. The highest BCUT2D eigenvalue weighted by Gasteiger charge is 2.34. The number of hydrogen-bond donors (Lipinski definition) is 2. The molecule has 1 unspecified atom stereocenters. The molecule has 4 amide bonds. The van der Waals surface area contributed by atoms with Crippen LogP contribution in [0.5, 0.6) is 5.75 Å². The third-order valence-corrected chi connectivity index (χ3v) is 6.88. The number of amidine groups is 1. The van der Waals surface area contributed by atoms with Crippen molar-refractivity contribution in [1.29, 1.82) is 0 Å². The van der Waals surface area contributed by atoms with E-state index in [4.69, 9.17) is 14.1 Å². The third-order valence-electron chi connectivity index (χ3n) is 6.88. The normalized spacial score (nSPS) is 20.7. The second kappa shape index (κ2) is 10.3. The monoisotopic (exact) mass is 524 g/mol. The highest BCUT2D eigenvalue weighted by Crippen LogP contribution is 2.32. The van der Waals surface area contributed by atoms with E-state index in [1.165, 1.54) is 12.0 Å². The molecule has 5 heterocycles. The van der Waals surface area contributed by atoms with E-state index in [-0.39, 0.29) is 17.2 Å². The summed E-state index contributed by atoms with van der Waals surface area (Å²) in [5, 5.41) is 4.76. The summed E-state index contributed by atoms with van der Waals surface area (Å²) in [6.07, 6.45) is 4.65. The van der Waals surface area contributed by atoms with Crippen molar-refractivity contribution in [3.63, 3.8) is 0 Å². The van der Waals surface area contributed by atoms with Crippen LogP contribution in [0.4, 0.5) is 14.9 Å². The molecule has 0 radical (unpaired) electrons. The molecular weight excluding hydrogens is 495 g/mol. The van der Waals surface area contributed by atoms with E-state index >= 15 is 0 Å². The van der Waals surface area contributed by atoms with Crippen LogP contribution in [0.3, 0.4) is 0 Å². The van der Waals surface area contributed by atoms with Crippen molar-refractivity contribution < 1.29 is 27.9 Å². The fraction of sp³-hybridized carbons (Fsp3) is 0.385. The van der Waals surface area contributed by atoms with Gasteiger partial charge >= 0.3 is 6.03 Å². The molecule has 11 nitrogen and oxygen atoms in total. The lowest BCUT2D eigenvalue weighted by molar-refractivity contribution is -0.120. The summed E-state index contributed by atoms with van der Waals surface area (Å²) < 4.78 is 24.2. The molecule has 1 aromatic heterocycles. The number of imide groups is 1. The zero-order valence-electron chi connectivity index (χ0n) is 21.4. The van der Waals surface area contributed by atoms with Crippen molar-refractivity contribution in [2.75, 3.05) is 47.4 Å². The maximum absolute atomic E-state index is 13.6. The lowest BCUT2D eigenvalue weighted by Crippen LogP contribution is -2.46. The van der Waals surface area contributed by atoms with Crippen LogP contribution >= 0.6 is 0 Å². The number of furan rings is 1. The van der Waals surface area contributed by atoms with Crippen LogP contribution in [0.2, 0.25) is 0 Å². The van der Waals surface area contributed by atoms with E-state index in [9.17, 15) is 18.8 Å². The molecule has 2 N–H and O–H groups in total. The Morgan fingerprint density at radius 3 is 2.58 bits per heavy atom. The number of nitrogens with zero attached hydrogens (tertiary/aromatic N) is 4. The van der Waals surface area contributed by atoms with Gasteiger partial charge in [-0.1, -0.05) is 12.1 Å². The van der Waals surface area contributed by atoms with Gasteiger partial charge in [0.1, 0.15) is 23.0 Å². The minimum atomic E-state index is -0.782. The van der Waals surface area contributed by atoms with E-state index in [0.29, 0.717) is 24.5 Å². The van der Waals surface area contributed by atoms with E-state index in [2.05, 4.69) is 27.5 Å². The maximum atomic E-state index is 13.6. The summed E-state index contributed by atoms with van der Waals surface area (Å²) in [5.74, 6) is 0.916. The molecule has 0 aliphatic carbocycles. The number of likely N-dealkylation sites (N-methyl/N-ethyl adjacent to an activating group) is 1. The number of ether oxygens (including phenoxy) is 1. The number of urea groups is 1. The van der Waals surface area contributed by atoms with E-state index in [1.54, 1.807) is 25.2 Å². The van der Waals surface area contributed by atoms with E-state index in [1.807, 2.05) is 12.2 Å². The molecule has 2 aromatic rings. The number of benzene rings is 1. The smallest absolute Gasteiger partial charge is 0.322 e. The molecule has 2 fully saturated rings. The summed E-state index contributed by atoms with van der Waals surface area (Å²) in [4.78, 5) is 45.3. The van der Waals surface area contributed by atoms with Crippen LogP contribution in [0.25, 0.3) is 0 Å². The number of methoxy groups -OCH3 is 1. The van der Waals surface area contributed by atoms with Crippen molar-refractivity contribution in [2.24, 2.45) is 4.99 Å². The summed E-state index contributed by atoms with van der Waals surface area (Å²) in [6.45, 7) is 4.34. The lowest BCUT2D eigenvalue weighted by atomic mass is 10.1. The van der Waals surface area contributed by atoms with Crippen LogP contribution in [0.1, 0.15) is 33.5 Å². The van der Waals surface area contributed by atoms with Gasteiger partial charge < -0.3 is 29.2 Å². The van der Waals surface area contributed by atoms with Gasteiger partial charge in [0.25, 0.3) is 11.8 Å². The Kier molecular flexibility index (Phi) is 6.89. The van der Waals surface area contributed by atoms with Crippen molar-refractivity contribution in [2.45, 2.75) is 19.0 Å². The predicted octanol–water partition coefficient (Wildman–Crippen LogP) is 1.97. The Balaban J connectivity index is 0.000000179. The number of amides is 4. The van der Waals surface area contributed by atoms with Crippen LogP contribution < -0.4 is 15.4 Å². The highest BCUT2D eigenvalue weighted by atomic mass is 19.1. The van der Waals surface area contributed by atoms with Gasteiger partial charge in [-0.25, -0.2) is 14.2 Å². The van der Waals surface area contributed by atoms with Gasteiger partial charge in [-0.05, 0) is 24.8 Å².